The van der Waals surface area contributed by atoms with E-state index >= 15 is 0 Å². The Labute approximate surface area is 126 Å². The minimum atomic E-state index is 0.0215. The van der Waals surface area contributed by atoms with Crippen LogP contribution in [-0.4, -0.2) is 16.5 Å². The molecule has 1 aromatic carbocycles. The average Bonchev–Trinajstić information content (AvgIpc) is 2.78. The van der Waals surface area contributed by atoms with Crippen LogP contribution < -0.4 is 11.1 Å². The van der Waals surface area contributed by atoms with Gasteiger partial charge < -0.3 is 15.6 Å². The van der Waals surface area contributed by atoms with Gasteiger partial charge in [-0.25, -0.2) is 0 Å². The summed E-state index contributed by atoms with van der Waals surface area (Å²) in [5, 5.41) is 4.09. The number of carbonyl (C=O) groups is 1. The van der Waals surface area contributed by atoms with Crippen LogP contribution in [0.3, 0.4) is 0 Å². The Balaban J connectivity index is 2.07. The van der Waals surface area contributed by atoms with Gasteiger partial charge >= 0.3 is 0 Å². The van der Waals surface area contributed by atoms with Crippen LogP contribution in [0.15, 0.2) is 30.5 Å². The molecule has 21 heavy (non-hydrogen) atoms. The molecule has 1 atom stereocenters. The maximum absolute atomic E-state index is 11.8. The highest BCUT2D eigenvalue weighted by molar-refractivity contribution is 5.93. The topological polar surface area (TPSA) is 60.0 Å². The molecule has 114 valence electrons. The molecule has 0 aliphatic carbocycles. The monoisotopic (exact) mass is 287 g/mol. The summed E-state index contributed by atoms with van der Waals surface area (Å²) in [7, 11) is 0. The Kier molecular flexibility index (Phi) is 5.02. The van der Waals surface area contributed by atoms with Crippen molar-refractivity contribution in [2.75, 3.05) is 5.32 Å². The molecule has 0 saturated carbocycles. The van der Waals surface area contributed by atoms with Crippen LogP contribution in [0, 0.1) is 5.92 Å². The lowest BCUT2D eigenvalue weighted by Gasteiger charge is -2.10. The highest BCUT2D eigenvalue weighted by Crippen LogP contribution is 2.21. The van der Waals surface area contributed by atoms with Crippen molar-refractivity contribution in [3.63, 3.8) is 0 Å². The number of nitrogens with one attached hydrogen (secondary N) is 1. The molecule has 2 rings (SSSR count). The van der Waals surface area contributed by atoms with Crippen LogP contribution in [0.25, 0.3) is 10.9 Å². The van der Waals surface area contributed by atoms with E-state index in [0.717, 1.165) is 17.6 Å². The van der Waals surface area contributed by atoms with Gasteiger partial charge in [0, 0.05) is 41.8 Å². The molecule has 4 nitrogen and oxygen atoms in total. The van der Waals surface area contributed by atoms with E-state index in [1.54, 1.807) is 0 Å². The summed E-state index contributed by atoms with van der Waals surface area (Å²) in [6.45, 7) is 7.33. The maximum Gasteiger partial charge on any atom is 0.224 e. The highest BCUT2D eigenvalue weighted by Gasteiger charge is 2.07. The lowest BCUT2D eigenvalue weighted by Crippen LogP contribution is -2.19. The minimum Gasteiger partial charge on any atom is -0.347 e. The number of benzene rings is 1. The molecule has 3 N–H and O–H groups in total. The van der Waals surface area contributed by atoms with E-state index in [2.05, 4.69) is 42.1 Å². The first-order chi connectivity index (χ1) is 9.95. The largest absolute Gasteiger partial charge is 0.347 e. The molecule has 4 heteroatoms. The fraction of sp³-hybridized carbons (Fsp3) is 0.471. The van der Waals surface area contributed by atoms with Crippen molar-refractivity contribution in [3.8, 4) is 0 Å². The second-order valence-electron chi connectivity index (χ2n) is 6.20. The molecule has 0 aliphatic heterocycles. The van der Waals surface area contributed by atoms with Gasteiger partial charge in [0.2, 0.25) is 5.91 Å². The number of hydrogen-bond acceptors (Lipinski definition) is 2. The molecular formula is C17H25N3O. The number of hydrogen-bond donors (Lipinski definition) is 2. The predicted molar refractivity (Wildman–Crippen MR) is 88.3 cm³/mol. The number of nitrogens with zero attached hydrogens (tertiary/aromatic N) is 1. The molecular weight excluding hydrogens is 262 g/mol. The van der Waals surface area contributed by atoms with Gasteiger partial charge in [0.25, 0.3) is 0 Å². The predicted octanol–water partition coefficient (Wildman–Crippen LogP) is 3.36. The second kappa shape index (κ2) is 6.76. The summed E-state index contributed by atoms with van der Waals surface area (Å²) in [6.07, 6.45) is 3.27. The molecule has 1 amide bonds. The SMILES string of the molecule is CC(C)Cn1ccc2cc(NC(=O)CCC(C)N)ccc21. The molecule has 1 heterocycles. The maximum atomic E-state index is 11.8. The smallest absolute Gasteiger partial charge is 0.224 e. The number of nitrogens with two attached hydrogens (primary N) is 1. The number of anilines is 1. The number of amides is 1. The van der Waals surface area contributed by atoms with Crippen LogP contribution in [0.2, 0.25) is 0 Å². The summed E-state index contributed by atoms with van der Waals surface area (Å²) < 4.78 is 2.25. The van der Waals surface area contributed by atoms with Crippen molar-refractivity contribution in [1.82, 2.24) is 4.57 Å². The minimum absolute atomic E-state index is 0.0215. The van der Waals surface area contributed by atoms with E-state index in [-0.39, 0.29) is 11.9 Å². The summed E-state index contributed by atoms with van der Waals surface area (Å²) in [6, 6.07) is 8.20. The second-order valence-corrected chi connectivity index (χ2v) is 6.20. The van der Waals surface area contributed by atoms with E-state index in [1.807, 2.05) is 19.1 Å². The Morgan fingerprint density at radius 3 is 2.71 bits per heavy atom. The number of carbonyl (C=O) groups excluding carboxylic acids is 1. The molecule has 0 aliphatic rings. The number of fused-ring (bicyclic) bond motifs is 1. The third-order valence-corrected chi connectivity index (χ3v) is 3.44. The normalized spacial score (nSPS) is 12.8. The Hall–Kier alpha value is -1.81. The number of aromatic nitrogens is 1. The van der Waals surface area contributed by atoms with Gasteiger partial charge in [-0.2, -0.15) is 0 Å². The third-order valence-electron chi connectivity index (χ3n) is 3.44. The number of rotatable bonds is 6. The average molecular weight is 287 g/mol. The van der Waals surface area contributed by atoms with Crippen LogP contribution in [-0.2, 0) is 11.3 Å². The zero-order valence-electron chi connectivity index (χ0n) is 13.1. The van der Waals surface area contributed by atoms with E-state index in [4.69, 9.17) is 5.73 Å². The third kappa shape index (κ3) is 4.33. The molecule has 1 aromatic heterocycles. The van der Waals surface area contributed by atoms with Gasteiger partial charge in [-0.15, -0.1) is 0 Å². The van der Waals surface area contributed by atoms with E-state index in [0.29, 0.717) is 18.8 Å². The van der Waals surface area contributed by atoms with Crippen LogP contribution in [0.5, 0.6) is 0 Å². The van der Waals surface area contributed by atoms with Crippen molar-refractivity contribution < 1.29 is 4.79 Å². The molecule has 0 radical (unpaired) electrons. The lowest BCUT2D eigenvalue weighted by atomic mass is 10.2. The summed E-state index contributed by atoms with van der Waals surface area (Å²) in [5.41, 5.74) is 7.72. The van der Waals surface area contributed by atoms with E-state index in [9.17, 15) is 4.79 Å². The van der Waals surface area contributed by atoms with Gasteiger partial charge in [0.05, 0.1) is 0 Å². The lowest BCUT2D eigenvalue weighted by molar-refractivity contribution is -0.116. The zero-order chi connectivity index (χ0) is 15.4. The fourth-order valence-electron chi connectivity index (χ4n) is 2.41. The van der Waals surface area contributed by atoms with Gasteiger partial charge in [-0.1, -0.05) is 13.8 Å². The van der Waals surface area contributed by atoms with Crippen LogP contribution >= 0.6 is 0 Å². The molecule has 0 fully saturated rings. The van der Waals surface area contributed by atoms with Crippen LogP contribution in [0.1, 0.15) is 33.6 Å². The van der Waals surface area contributed by atoms with Gasteiger partial charge in [0.15, 0.2) is 0 Å². The molecule has 0 bridgehead atoms. The first-order valence-corrected chi connectivity index (χ1v) is 7.60. The zero-order valence-corrected chi connectivity index (χ0v) is 13.1. The Morgan fingerprint density at radius 2 is 2.05 bits per heavy atom. The van der Waals surface area contributed by atoms with Crippen molar-refractivity contribution in [3.05, 3.63) is 30.5 Å². The van der Waals surface area contributed by atoms with E-state index < -0.39 is 0 Å². The molecule has 2 aromatic rings. The van der Waals surface area contributed by atoms with Crippen LogP contribution in [0.4, 0.5) is 5.69 Å². The molecule has 1 unspecified atom stereocenters. The molecule has 0 saturated heterocycles. The quantitative estimate of drug-likeness (QED) is 0.855. The first kappa shape index (κ1) is 15.6. The first-order valence-electron chi connectivity index (χ1n) is 7.60. The van der Waals surface area contributed by atoms with Crippen molar-refractivity contribution in [1.29, 1.82) is 0 Å². The van der Waals surface area contributed by atoms with Gasteiger partial charge in [-0.3, -0.25) is 4.79 Å². The van der Waals surface area contributed by atoms with Gasteiger partial charge in [-0.05, 0) is 43.5 Å². The van der Waals surface area contributed by atoms with Crippen molar-refractivity contribution in [2.45, 2.75) is 46.2 Å². The standard InChI is InChI=1S/C17H25N3O/c1-12(2)11-20-9-8-14-10-15(5-6-16(14)20)19-17(21)7-4-13(3)18/h5-6,8-10,12-13H,4,7,11,18H2,1-3H3,(H,19,21). The van der Waals surface area contributed by atoms with Crippen molar-refractivity contribution >= 4 is 22.5 Å². The highest BCUT2D eigenvalue weighted by atomic mass is 16.1. The Bertz CT molecular complexity index is 614. The van der Waals surface area contributed by atoms with E-state index in [1.165, 1.54) is 5.52 Å². The van der Waals surface area contributed by atoms with Crippen molar-refractivity contribution in [2.24, 2.45) is 11.7 Å². The van der Waals surface area contributed by atoms with Gasteiger partial charge in [0.1, 0.15) is 0 Å². The Morgan fingerprint density at radius 1 is 1.29 bits per heavy atom. The summed E-state index contributed by atoms with van der Waals surface area (Å²) in [5.74, 6) is 0.631. The summed E-state index contributed by atoms with van der Waals surface area (Å²) in [4.78, 5) is 11.8. The fourth-order valence-corrected chi connectivity index (χ4v) is 2.41. The molecule has 0 spiro atoms. The summed E-state index contributed by atoms with van der Waals surface area (Å²) >= 11 is 0.